The molecule has 0 aromatic rings. The average molecular weight is 290 g/mol. The second kappa shape index (κ2) is 5.08. The van der Waals surface area contributed by atoms with Crippen molar-refractivity contribution >= 4 is 12.2 Å². The quantitative estimate of drug-likeness (QED) is 0.738. The van der Waals surface area contributed by atoms with E-state index in [-0.39, 0.29) is 5.41 Å². The third-order valence-corrected chi connectivity index (χ3v) is 6.55. The van der Waals surface area contributed by atoms with Gasteiger partial charge in [-0.25, -0.2) is 0 Å². The largest absolute Gasteiger partial charge is 0.343 e. The highest BCUT2D eigenvalue weighted by atomic mass is 16.1. The molecule has 1 amide bonds. The molecule has 0 spiro atoms. The van der Waals surface area contributed by atoms with Gasteiger partial charge in [-0.05, 0) is 56.3 Å². The van der Waals surface area contributed by atoms with Crippen molar-refractivity contribution in [2.24, 2.45) is 23.2 Å². The molecule has 0 N–H and O–H groups in total. The van der Waals surface area contributed by atoms with Crippen molar-refractivity contribution in [3.63, 3.8) is 0 Å². The Morgan fingerprint density at radius 2 is 1.48 bits per heavy atom. The highest BCUT2D eigenvalue weighted by molar-refractivity contribution is 5.87. The number of amides is 1. The highest BCUT2D eigenvalue weighted by Gasteiger charge is 2.54. The second-order valence-corrected chi connectivity index (χ2v) is 8.04. The fraction of sp³-hybridized carbons (Fsp3) is 0.882. The molecule has 5 aliphatic rings. The summed E-state index contributed by atoms with van der Waals surface area (Å²) in [5.74, 6) is 3.03. The molecule has 0 aromatic heterocycles. The minimum absolute atomic E-state index is 0.0382. The van der Waals surface area contributed by atoms with Crippen LogP contribution in [-0.2, 0) is 9.59 Å². The van der Waals surface area contributed by atoms with Crippen molar-refractivity contribution in [3.8, 4) is 0 Å². The monoisotopic (exact) mass is 290 g/mol. The molecule has 1 aliphatic heterocycles. The number of hydrogen-bond acceptors (Lipinski definition) is 3. The summed E-state index contributed by atoms with van der Waals surface area (Å²) < 4.78 is 0. The topological polar surface area (TPSA) is 40.6 Å². The molecule has 4 nitrogen and oxygen atoms in total. The molecule has 0 aromatic carbocycles. The zero-order valence-corrected chi connectivity index (χ0v) is 12.8. The first kappa shape index (κ1) is 13.7. The Bertz CT molecular complexity index is 405. The minimum Gasteiger partial charge on any atom is -0.343 e. The summed E-state index contributed by atoms with van der Waals surface area (Å²) in [6.07, 6.45) is 8.63. The molecule has 4 aliphatic carbocycles. The molecule has 1 heterocycles. The van der Waals surface area contributed by atoms with E-state index in [1.807, 2.05) is 4.90 Å². The predicted octanol–water partition coefficient (Wildman–Crippen LogP) is 1.55. The van der Waals surface area contributed by atoms with Gasteiger partial charge in [0.1, 0.15) is 0 Å². The van der Waals surface area contributed by atoms with E-state index >= 15 is 0 Å². The minimum atomic E-state index is 0.0382. The van der Waals surface area contributed by atoms with Gasteiger partial charge in [-0.1, -0.05) is 0 Å². The third-order valence-electron chi connectivity index (χ3n) is 6.55. The molecular formula is C17H26N2O2. The van der Waals surface area contributed by atoms with Crippen LogP contribution in [0.25, 0.3) is 0 Å². The van der Waals surface area contributed by atoms with E-state index in [1.54, 1.807) is 0 Å². The summed E-state index contributed by atoms with van der Waals surface area (Å²) in [4.78, 5) is 27.8. The van der Waals surface area contributed by atoms with Crippen LogP contribution in [0.5, 0.6) is 0 Å². The lowest BCUT2D eigenvalue weighted by Crippen LogP contribution is -2.54. The van der Waals surface area contributed by atoms with Gasteiger partial charge in [0.15, 0.2) is 5.78 Å². The standard InChI is InChI=1S/C17H26N2O2/c20-12-19-3-1-18(2-4-19)11-16(21)17-8-13-5-14(9-17)7-15(6-13)10-17/h12-15H,1-11H2. The van der Waals surface area contributed by atoms with Crippen molar-refractivity contribution in [2.45, 2.75) is 38.5 Å². The zero-order chi connectivity index (χ0) is 14.4. The Labute approximate surface area is 126 Å². The second-order valence-electron chi connectivity index (χ2n) is 8.04. The number of carbonyl (C=O) groups is 2. The van der Waals surface area contributed by atoms with Crippen LogP contribution < -0.4 is 0 Å². The van der Waals surface area contributed by atoms with E-state index in [0.29, 0.717) is 12.3 Å². The Morgan fingerprint density at radius 3 is 1.95 bits per heavy atom. The number of carbonyl (C=O) groups excluding carboxylic acids is 2. The summed E-state index contributed by atoms with van der Waals surface area (Å²) >= 11 is 0. The van der Waals surface area contributed by atoms with Crippen molar-refractivity contribution in [2.75, 3.05) is 32.7 Å². The molecule has 21 heavy (non-hydrogen) atoms. The molecule has 1 saturated heterocycles. The first-order chi connectivity index (χ1) is 10.2. The number of piperazine rings is 1. The van der Waals surface area contributed by atoms with Crippen molar-refractivity contribution < 1.29 is 9.59 Å². The van der Waals surface area contributed by atoms with E-state index < -0.39 is 0 Å². The van der Waals surface area contributed by atoms with Gasteiger partial charge in [0.05, 0.1) is 6.54 Å². The van der Waals surface area contributed by atoms with Crippen LogP contribution >= 0.6 is 0 Å². The molecule has 5 rings (SSSR count). The number of Topliss-reactive ketones (excluding diaryl/α,β-unsaturated/α-hetero) is 1. The summed E-state index contributed by atoms with van der Waals surface area (Å²) in [6, 6.07) is 0. The normalized spacial score (nSPS) is 42.3. The lowest BCUT2D eigenvalue weighted by Gasteiger charge is -2.56. The fourth-order valence-electron chi connectivity index (χ4n) is 5.85. The number of rotatable bonds is 4. The van der Waals surface area contributed by atoms with E-state index in [9.17, 15) is 9.59 Å². The smallest absolute Gasteiger partial charge is 0.209 e. The average Bonchev–Trinajstić information content (AvgIpc) is 2.46. The van der Waals surface area contributed by atoms with E-state index in [1.165, 1.54) is 38.5 Å². The summed E-state index contributed by atoms with van der Waals surface area (Å²) in [5.41, 5.74) is 0.0382. The molecule has 4 heteroatoms. The van der Waals surface area contributed by atoms with Gasteiger partial charge in [0.2, 0.25) is 6.41 Å². The molecule has 0 atom stereocenters. The molecule has 116 valence electrons. The highest BCUT2D eigenvalue weighted by Crippen LogP contribution is 2.60. The molecule has 5 fully saturated rings. The maximum absolute atomic E-state index is 13.0. The lowest BCUT2D eigenvalue weighted by molar-refractivity contribution is -0.145. The van der Waals surface area contributed by atoms with Gasteiger partial charge in [-0.2, -0.15) is 0 Å². The van der Waals surface area contributed by atoms with Crippen LogP contribution in [0, 0.1) is 23.2 Å². The van der Waals surface area contributed by atoms with Gasteiger partial charge in [-0.15, -0.1) is 0 Å². The first-order valence-electron chi connectivity index (χ1n) is 8.62. The fourth-order valence-corrected chi connectivity index (χ4v) is 5.85. The van der Waals surface area contributed by atoms with Crippen molar-refractivity contribution in [3.05, 3.63) is 0 Å². The Morgan fingerprint density at radius 1 is 0.952 bits per heavy atom. The van der Waals surface area contributed by atoms with Crippen LogP contribution in [0.4, 0.5) is 0 Å². The van der Waals surface area contributed by atoms with Crippen LogP contribution in [0.2, 0.25) is 0 Å². The van der Waals surface area contributed by atoms with E-state index in [2.05, 4.69) is 4.90 Å². The Kier molecular flexibility index (Phi) is 3.32. The van der Waals surface area contributed by atoms with Gasteiger partial charge >= 0.3 is 0 Å². The summed E-state index contributed by atoms with van der Waals surface area (Å²) in [6.45, 7) is 3.89. The maximum Gasteiger partial charge on any atom is 0.209 e. The Hall–Kier alpha value is -0.900. The first-order valence-corrected chi connectivity index (χ1v) is 8.62. The van der Waals surface area contributed by atoms with Gasteiger partial charge in [-0.3, -0.25) is 14.5 Å². The molecule has 0 radical (unpaired) electrons. The molecule has 4 bridgehead atoms. The van der Waals surface area contributed by atoms with Gasteiger partial charge in [0, 0.05) is 31.6 Å². The third kappa shape index (κ3) is 2.41. The zero-order valence-electron chi connectivity index (χ0n) is 12.8. The number of ketones is 1. The summed E-state index contributed by atoms with van der Waals surface area (Å²) in [5, 5.41) is 0. The van der Waals surface area contributed by atoms with Crippen molar-refractivity contribution in [1.29, 1.82) is 0 Å². The molecule has 0 unspecified atom stereocenters. The SMILES string of the molecule is O=CN1CCN(CC(=O)C23CC4CC(CC(C4)C2)C3)CC1. The predicted molar refractivity (Wildman–Crippen MR) is 79.7 cm³/mol. The lowest BCUT2D eigenvalue weighted by atomic mass is 9.48. The molecule has 4 saturated carbocycles. The van der Waals surface area contributed by atoms with Crippen LogP contribution in [0.3, 0.4) is 0 Å². The van der Waals surface area contributed by atoms with Crippen molar-refractivity contribution in [1.82, 2.24) is 9.80 Å². The summed E-state index contributed by atoms with van der Waals surface area (Å²) in [7, 11) is 0. The van der Waals surface area contributed by atoms with Gasteiger partial charge < -0.3 is 4.90 Å². The Balaban J connectivity index is 1.40. The number of nitrogens with zero attached hydrogens (tertiary/aromatic N) is 2. The van der Waals surface area contributed by atoms with Crippen LogP contribution in [0.15, 0.2) is 0 Å². The van der Waals surface area contributed by atoms with Gasteiger partial charge in [0.25, 0.3) is 0 Å². The van der Waals surface area contributed by atoms with E-state index in [4.69, 9.17) is 0 Å². The molecular weight excluding hydrogens is 264 g/mol. The van der Waals surface area contributed by atoms with Crippen LogP contribution in [-0.4, -0.2) is 54.7 Å². The number of hydrogen-bond donors (Lipinski definition) is 0. The van der Waals surface area contributed by atoms with E-state index in [0.717, 1.165) is 50.3 Å². The maximum atomic E-state index is 13.0. The van der Waals surface area contributed by atoms with Crippen LogP contribution in [0.1, 0.15) is 38.5 Å².